The van der Waals surface area contributed by atoms with Gasteiger partial charge in [0.15, 0.2) is 0 Å². The summed E-state index contributed by atoms with van der Waals surface area (Å²) in [7, 11) is 3.88. The van der Waals surface area contributed by atoms with Crippen LogP contribution in [-0.4, -0.2) is 25.0 Å². The van der Waals surface area contributed by atoms with Gasteiger partial charge >= 0.3 is 5.97 Å². The molecule has 2 aromatic rings. The van der Waals surface area contributed by atoms with Crippen LogP contribution in [0, 0.1) is 5.92 Å². The Bertz CT molecular complexity index is 735. The summed E-state index contributed by atoms with van der Waals surface area (Å²) in [6.45, 7) is 6.37. The highest BCUT2D eigenvalue weighted by Gasteiger charge is 2.22. The van der Waals surface area contributed by atoms with Gasteiger partial charge < -0.3 is 9.64 Å². The average Bonchev–Trinajstić information content (AvgIpc) is 2.66. The molecule has 0 aliphatic carbocycles. The lowest BCUT2D eigenvalue weighted by molar-refractivity contribution is -0.139. The van der Waals surface area contributed by atoms with E-state index in [1.54, 1.807) is 6.08 Å². The van der Waals surface area contributed by atoms with Crippen LogP contribution in [0.4, 0.5) is 0 Å². The fourth-order valence-corrected chi connectivity index (χ4v) is 3.05. The molecule has 0 unspecified atom stereocenters. The van der Waals surface area contributed by atoms with E-state index in [1.807, 2.05) is 73.6 Å². The highest BCUT2D eigenvalue weighted by atomic mass is 16.5. The molecule has 0 spiro atoms. The second-order valence-corrected chi connectivity index (χ2v) is 6.52. The van der Waals surface area contributed by atoms with Gasteiger partial charge in [0.2, 0.25) is 0 Å². The zero-order valence-corrected chi connectivity index (χ0v) is 15.8. The van der Waals surface area contributed by atoms with Crippen LogP contribution in [-0.2, 0) is 16.1 Å². The molecule has 0 amide bonds. The molecule has 2 aromatic carbocycles. The standard InChI is InChI=1S/C23H27NO2/c1-5-21(20-14-10-7-11-15-20)18(2)22(24(3)4)16-23(25)26-17-19-12-8-6-9-13-19/h5-16,18,21H,1,17H2,2-4H3/b22-16+/t18-,21+/m0/s1. The molecule has 0 saturated carbocycles. The van der Waals surface area contributed by atoms with E-state index in [0.29, 0.717) is 0 Å². The first-order valence-corrected chi connectivity index (χ1v) is 8.80. The predicted molar refractivity (Wildman–Crippen MR) is 107 cm³/mol. The Morgan fingerprint density at radius 2 is 1.65 bits per heavy atom. The monoisotopic (exact) mass is 349 g/mol. The van der Waals surface area contributed by atoms with E-state index < -0.39 is 0 Å². The van der Waals surface area contributed by atoms with Crippen LogP contribution in [0.5, 0.6) is 0 Å². The number of ether oxygens (including phenoxy) is 1. The van der Waals surface area contributed by atoms with E-state index in [4.69, 9.17) is 4.74 Å². The first-order chi connectivity index (χ1) is 12.5. The van der Waals surface area contributed by atoms with Gasteiger partial charge in [-0.3, -0.25) is 0 Å². The van der Waals surface area contributed by atoms with E-state index in [1.165, 1.54) is 5.56 Å². The van der Waals surface area contributed by atoms with Crippen molar-refractivity contribution in [1.82, 2.24) is 4.90 Å². The Morgan fingerprint density at radius 3 is 2.19 bits per heavy atom. The molecular weight excluding hydrogens is 322 g/mol. The van der Waals surface area contributed by atoms with Crippen molar-refractivity contribution in [2.75, 3.05) is 14.1 Å². The second kappa shape index (κ2) is 9.62. The van der Waals surface area contributed by atoms with Crippen molar-refractivity contribution in [2.24, 2.45) is 5.92 Å². The summed E-state index contributed by atoms with van der Waals surface area (Å²) in [6.07, 6.45) is 3.53. The number of carbonyl (C=O) groups excluding carboxylic acids is 1. The van der Waals surface area contributed by atoms with Crippen molar-refractivity contribution in [3.63, 3.8) is 0 Å². The van der Waals surface area contributed by atoms with E-state index in [2.05, 4.69) is 25.6 Å². The third-order valence-electron chi connectivity index (χ3n) is 4.45. The van der Waals surface area contributed by atoms with Crippen LogP contribution in [0.2, 0.25) is 0 Å². The SMILES string of the molecule is C=C[C@@H](c1ccccc1)[C@H](C)/C(=C\C(=O)OCc1ccccc1)N(C)C. The van der Waals surface area contributed by atoms with Crippen molar-refractivity contribution in [3.05, 3.63) is 96.2 Å². The second-order valence-electron chi connectivity index (χ2n) is 6.52. The van der Waals surface area contributed by atoms with Gasteiger partial charge in [-0.15, -0.1) is 6.58 Å². The van der Waals surface area contributed by atoms with Gasteiger partial charge in [-0.25, -0.2) is 4.79 Å². The third-order valence-corrected chi connectivity index (χ3v) is 4.45. The molecule has 0 aliphatic heterocycles. The fourth-order valence-electron chi connectivity index (χ4n) is 3.05. The topological polar surface area (TPSA) is 29.5 Å². The Balaban J connectivity index is 2.14. The Kier molecular flexibility index (Phi) is 7.22. The van der Waals surface area contributed by atoms with E-state index in [-0.39, 0.29) is 24.4 Å². The lowest BCUT2D eigenvalue weighted by Gasteiger charge is -2.28. The molecule has 0 bridgehead atoms. The molecule has 3 heteroatoms. The summed E-state index contributed by atoms with van der Waals surface area (Å²) in [5.74, 6) is -0.124. The molecule has 0 radical (unpaired) electrons. The van der Waals surface area contributed by atoms with E-state index in [0.717, 1.165) is 11.3 Å². The minimum absolute atomic E-state index is 0.0918. The van der Waals surface area contributed by atoms with Gasteiger partial charge in [0.05, 0.1) is 0 Å². The average molecular weight is 349 g/mol. The number of nitrogens with zero attached hydrogens (tertiary/aromatic N) is 1. The molecular formula is C23H27NO2. The van der Waals surface area contributed by atoms with Crippen LogP contribution < -0.4 is 0 Å². The smallest absolute Gasteiger partial charge is 0.332 e. The maximum absolute atomic E-state index is 12.3. The van der Waals surface area contributed by atoms with Gasteiger partial charge in [0.1, 0.15) is 6.61 Å². The zero-order chi connectivity index (χ0) is 18.9. The summed E-state index contributed by atoms with van der Waals surface area (Å²) in [5, 5.41) is 0. The fraction of sp³-hybridized carbons (Fsp3) is 0.261. The molecule has 2 rings (SSSR count). The number of benzene rings is 2. The first kappa shape index (κ1) is 19.5. The summed E-state index contributed by atoms with van der Waals surface area (Å²) in [4.78, 5) is 14.3. The zero-order valence-electron chi connectivity index (χ0n) is 15.8. The molecule has 0 N–H and O–H groups in total. The minimum atomic E-state index is -0.333. The molecule has 136 valence electrons. The van der Waals surface area contributed by atoms with Crippen molar-refractivity contribution in [3.8, 4) is 0 Å². The molecule has 0 saturated heterocycles. The van der Waals surface area contributed by atoms with Crippen LogP contribution in [0.25, 0.3) is 0 Å². The van der Waals surface area contributed by atoms with E-state index >= 15 is 0 Å². The lowest BCUT2D eigenvalue weighted by Crippen LogP contribution is -2.23. The van der Waals surface area contributed by atoms with Crippen LogP contribution in [0.15, 0.2) is 85.1 Å². The van der Waals surface area contributed by atoms with Crippen molar-refractivity contribution in [2.45, 2.75) is 19.4 Å². The Labute approximate surface area is 156 Å². The highest BCUT2D eigenvalue weighted by Crippen LogP contribution is 2.31. The van der Waals surface area contributed by atoms with Crippen LogP contribution in [0.1, 0.15) is 24.0 Å². The normalized spacial score (nSPS) is 13.6. The van der Waals surface area contributed by atoms with Crippen LogP contribution >= 0.6 is 0 Å². The number of rotatable bonds is 8. The van der Waals surface area contributed by atoms with Crippen molar-refractivity contribution >= 4 is 5.97 Å². The minimum Gasteiger partial charge on any atom is -0.458 e. The summed E-state index contributed by atoms with van der Waals surface area (Å²) in [6, 6.07) is 19.9. The van der Waals surface area contributed by atoms with Gasteiger partial charge in [0.25, 0.3) is 0 Å². The molecule has 3 nitrogen and oxygen atoms in total. The highest BCUT2D eigenvalue weighted by molar-refractivity contribution is 5.82. The summed E-state index contributed by atoms with van der Waals surface area (Å²) >= 11 is 0. The maximum Gasteiger partial charge on any atom is 0.332 e. The number of hydrogen-bond donors (Lipinski definition) is 0. The quantitative estimate of drug-likeness (QED) is 0.390. The first-order valence-electron chi connectivity index (χ1n) is 8.80. The third kappa shape index (κ3) is 5.35. The van der Waals surface area contributed by atoms with Gasteiger partial charge in [-0.05, 0) is 11.1 Å². The molecule has 0 fully saturated rings. The number of esters is 1. The summed E-state index contributed by atoms with van der Waals surface area (Å²) < 4.78 is 5.41. The van der Waals surface area contributed by atoms with Gasteiger partial charge in [-0.1, -0.05) is 73.7 Å². The van der Waals surface area contributed by atoms with E-state index in [9.17, 15) is 4.79 Å². The number of carbonyl (C=O) groups is 1. The molecule has 2 atom stereocenters. The maximum atomic E-state index is 12.3. The van der Waals surface area contributed by atoms with Crippen LogP contribution in [0.3, 0.4) is 0 Å². The predicted octanol–water partition coefficient (Wildman–Crippen LogP) is 4.78. The van der Waals surface area contributed by atoms with Crippen molar-refractivity contribution < 1.29 is 9.53 Å². The summed E-state index contributed by atoms with van der Waals surface area (Å²) in [5.41, 5.74) is 3.07. The Morgan fingerprint density at radius 1 is 1.08 bits per heavy atom. The molecule has 0 aromatic heterocycles. The molecule has 0 heterocycles. The Hall–Kier alpha value is -2.81. The lowest BCUT2D eigenvalue weighted by atomic mass is 9.84. The largest absolute Gasteiger partial charge is 0.458 e. The number of hydrogen-bond acceptors (Lipinski definition) is 3. The van der Waals surface area contributed by atoms with Crippen molar-refractivity contribution in [1.29, 1.82) is 0 Å². The molecule has 26 heavy (non-hydrogen) atoms. The van der Waals surface area contributed by atoms with Gasteiger partial charge in [-0.2, -0.15) is 0 Å². The molecule has 0 aliphatic rings. The number of allylic oxidation sites excluding steroid dienone is 2. The van der Waals surface area contributed by atoms with Gasteiger partial charge in [0, 0.05) is 37.7 Å².